The summed E-state index contributed by atoms with van der Waals surface area (Å²) in [6, 6.07) is 1.17. The lowest BCUT2D eigenvalue weighted by Crippen LogP contribution is -2.49. The summed E-state index contributed by atoms with van der Waals surface area (Å²) in [4.78, 5) is 2.43. The predicted octanol–water partition coefficient (Wildman–Crippen LogP) is 2.02. The molecule has 0 amide bonds. The zero-order valence-electron chi connectivity index (χ0n) is 9.66. The van der Waals surface area contributed by atoms with Gasteiger partial charge in [0, 0.05) is 12.1 Å². The Labute approximate surface area is 87.3 Å². The van der Waals surface area contributed by atoms with Gasteiger partial charge in [-0.25, -0.2) is 0 Å². The normalized spacial score (nSPS) is 37.5. The van der Waals surface area contributed by atoms with Gasteiger partial charge in [0.1, 0.15) is 0 Å². The van der Waals surface area contributed by atoms with E-state index in [1.165, 1.54) is 25.7 Å². The number of hydrogen-bond donors (Lipinski definition) is 1. The van der Waals surface area contributed by atoms with Gasteiger partial charge in [-0.2, -0.15) is 0 Å². The molecule has 2 rings (SSSR count). The molecule has 2 aliphatic carbocycles. The second kappa shape index (κ2) is 3.49. The molecule has 2 saturated carbocycles. The molecule has 2 nitrogen and oxygen atoms in total. The molecule has 0 aromatic rings. The Kier molecular flexibility index (Phi) is 2.61. The van der Waals surface area contributed by atoms with E-state index < -0.39 is 0 Å². The number of nitrogens with zero attached hydrogens (tertiary/aromatic N) is 1. The molecule has 0 radical (unpaired) electrons. The molecule has 1 N–H and O–H groups in total. The molecular weight excluding hydrogens is 174 g/mol. The first-order chi connectivity index (χ1) is 6.52. The lowest BCUT2D eigenvalue weighted by molar-refractivity contribution is -0.00387. The van der Waals surface area contributed by atoms with Crippen LogP contribution in [0, 0.1) is 5.41 Å². The topological polar surface area (TPSA) is 23.5 Å². The molecule has 0 bridgehead atoms. The van der Waals surface area contributed by atoms with Gasteiger partial charge in [0.15, 0.2) is 0 Å². The highest BCUT2D eigenvalue weighted by Crippen LogP contribution is 2.41. The maximum absolute atomic E-state index is 10.2. The Balaban J connectivity index is 1.98. The highest BCUT2D eigenvalue weighted by molar-refractivity contribution is 4.98. The van der Waals surface area contributed by atoms with E-state index in [2.05, 4.69) is 25.8 Å². The van der Waals surface area contributed by atoms with Crippen molar-refractivity contribution in [2.45, 2.75) is 64.1 Å². The first-order valence-corrected chi connectivity index (χ1v) is 5.92. The van der Waals surface area contributed by atoms with Gasteiger partial charge in [-0.1, -0.05) is 20.3 Å². The summed E-state index contributed by atoms with van der Waals surface area (Å²) in [5, 5.41) is 10.2. The Morgan fingerprint density at radius 1 is 1.21 bits per heavy atom. The van der Waals surface area contributed by atoms with Crippen LogP contribution < -0.4 is 0 Å². The van der Waals surface area contributed by atoms with Crippen molar-refractivity contribution in [1.82, 2.24) is 4.90 Å². The van der Waals surface area contributed by atoms with Gasteiger partial charge < -0.3 is 5.11 Å². The first kappa shape index (κ1) is 10.4. The summed E-state index contributed by atoms with van der Waals surface area (Å²) in [6.07, 6.45) is 6.24. The molecule has 0 heterocycles. The van der Waals surface area contributed by atoms with Crippen LogP contribution in [0.2, 0.25) is 0 Å². The summed E-state index contributed by atoms with van der Waals surface area (Å²) in [5.41, 5.74) is 0.128. The quantitative estimate of drug-likeness (QED) is 0.732. The third-order valence-corrected chi connectivity index (χ3v) is 4.42. The number of rotatable bonds is 2. The van der Waals surface area contributed by atoms with Crippen LogP contribution in [0.25, 0.3) is 0 Å². The van der Waals surface area contributed by atoms with Crippen molar-refractivity contribution in [1.29, 1.82) is 0 Å². The molecule has 0 saturated heterocycles. The fraction of sp³-hybridized carbons (Fsp3) is 1.00. The van der Waals surface area contributed by atoms with Gasteiger partial charge >= 0.3 is 0 Å². The van der Waals surface area contributed by atoms with Crippen molar-refractivity contribution in [2.75, 3.05) is 7.05 Å². The highest BCUT2D eigenvalue weighted by Gasteiger charge is 2.44. The van der Waals surface area contributed by atoms with Crippen molar-refractivity contribution in [3.63, 3.8) is 0 Å². The SMILES string of the molecule is CN(C1CCC1)C1CCC(C)(C)C1O. The van der Waals surface area contributed by atoms with Gasteiger partial charge in [0.25, 0.3) is 0 Å². The minimum Gasteiger partial charge on any atom is -0.391 e. The molecule has 2 aliphatic rings. The van der Waals surface area contributed by atoms with Crippen molar-refractivity contribution in [3.8, 4) is 0 Å². The van der Waals surface area contributed by atoms with E-state index in [0.717, 1.165) is 12.5 Å². The van der Waals surface area contributed by atoms with Crippen LogP contribution in [0.5, 0.6) is 0 Å². The zero-order valence-corrected chi connectivity index (χ0v) is 9.66. The minimum atomic E-state index is -0.131. The lowest BCUT2D eigenvalue weighted by Gasteiger charge is -2.41. The molecule has 0 aliphatic heterocycles. The third-order valence-electron chi connectivity index (χ3n) is 4.42. The van der Waals surface area contributed by atoms with Crippen LogP contribution in [-0.4, -0.2) is 35.2 Å². The Morgan fingerprint density at radius 3 is 2.21 bits per heavy atom. The molecule has 2 unspecified atom stereocenters. The van der Waals surface area contributed by atoms with Gasteiger partial charge in [0.2, 0.25) is 0 Å². The number of hydrogen-bond acceptors (Lipinski definition) is 2. The summed E-state index contributed by atoms with van der Waals surface area (Å²) in [5.74, 6) is 0. The van der Waals surface area contributed by atoms with E-state index >= 15 is 0 Å². The maximum atomic E-state index is 10.2. The van der Waals surface area contributed by atoms with E-state index in [0.29, 0.717) is 6.04 Å². The Hall–Kier alpha value is -0.0800. The van der Waals surface area contributed by atoms with E-state index in [-0.39, 0.29) is 11.5 Å². The van der Waals surface area contributed by atoms with Gasteiger partial charge in [0.05, 0.1) is 6.10 Å². The van der Waals surface area contributed by atoms with Crippen LogP contribution in [-0.2, 0) is 0 Å². The Morgan fingerprint density at radius 2 is 1.86 bits per heavy atom. The lowest BCUT2D eigenvalue weighted by atomic mass is 9.87. The van der Waals surface area contributed by atoms with Crippen molar-refractivity contribution in [2.24, 2.45) is 5.41 Å². The largest absolute Gasteiger partial charge is 0.391 e. The highest BCUT2D eigenvalue weighted by atomic mass is 16.3. The standard InChI is InChI=1S/C12H23NO/c1-12(2)8-7-10(11(12)14)13(3)9-5-4-6-9/h9-11,14H,4-8H2,1-3H3. The third kappa shape index (κ3) is 1.59. The van der Waals surface area contributed by atoms with Crippen molar-refractivity contribution >= 4 is 0 Å². The molecule has 2 heteroatoms. The van der Waals surface area contributed by atoms with E-state index in [1.54, 1.807) is 0 Å². The molecule has 0 aromatic heterocycles. The van der Waals surface area contributed by atoms with Crippen molar-refractivity contribution in [3.05, 3.63) is 0 Å². The molecule has 2 fully saturated rings. The molecule has 0 aromatic carbocycles. The van der Waals surface area contributed by atoms with E-state index in [1.807, 2.05) is 0 Å². The van der Waals surface area contributed by atoms with Crippen LogP contribution in [0.1, 0.15) is 46.0 Å². The second-order valence-electron chi connectivity index (χ2n) is 5.79. The van der Waals surface area contributed by atoms with Crippen LogP contribution in [0.15, 0.2) is 0 Å². The van der Waals surface area contributed by atoms with E-state index in [9.17, 15) is 5.11 Å². The number of likely N-dealkylation sites (N-methyl/N-ethyl adjacent to an activating group) is 1. The fourth-order valence-corrected chi connectivity index (χ4v) is 2.84. The molecule has 82 valence electrons. The monoisotopic (exact) mass is 197 g/mol. The molecule has 2 atom stereocenters. The number of aliphatic hydroxyl groups is 1. The van der Waals surface area contributed by atoms with Crippen LogP contribution >= 0.6 is 0 Å². The van der Waals surface area contributed by atoms with Crippen molar-refractivity contribution < 1.29 is 5.11 Å². The average Bonchev–Trinajstić information content (AvgIpc) is 2.24. The summed E-state index contributed by atoms with van der Waals surface area (Å²) in [6.45, 7) is 4.37. The van der Waals surface area contributed by atoms with Gasteiger partial charge in [-0.05, 0) is 38.1 Å². The second-order valence-corrected chi connectivity index (χ2v) is 5.79. The first-order valence-electron chi connectivity index (χ1n) is 5.92. The van der Waals surface area contributed by atoms with Crippen LogP contribution in [0.4, 0.5) is 0 Å². The fourth-order valence-electron chi connectivity index (χ4n) is 2.84. The summed E-state index contributed by atoms with van der Waals surface area (Å²) in [7, 11) is 2.19. The summed E-state index contributed by atoms with van der Waals surface area (Å²) < 4.78 is 0. The number of aliphatic hydroxyl groups excluding tert-OH is 1. The Bertz CT molecular complexity index is 210. The molecular formula is C12H23NO. The zero-order chi connectivity index (χ0) is 10.3. The minimum absolute atomic E-state index is 0.128. The molecule has 0 spiro atoms. The smallest absolute Gasteiger partial charge is 0.0746 e. The van der Waals surface area contributed by atoms with E-state index in [4.69, 9.17) is 0 Å². The van der Waals surface area contributed by atoms with Crippen LogP contribution in [0.3, 0.4) is 0 Å². The summed E-state index contributed by atoms with van der Waals surface area (Å²) >= 11 is 0. The maximum Gasteiger partial charge on any atom is 0.0746 e. The molecule has 14 heavy (non-hydrogen) atoms. The van der Waals surface area contributed by atoms with Gasteiger partial charge in [-0.15, -0.1) is 0 Å². The predicted molar refractivity (Wildman–Crippen MR) is 58.2 cm³/mol. The van der Waals surface area contributed by atoms with Gasteiger partial charge in [-0.3, -0.25) is 4.90 Å². The average molecular weight is 197 g/mol.